The van der Waals surface area contributed by atoms with Gasteiger partial charge in [0.25, 0.3) is 5.22 Å². The largest absolute Gasteiger partial charge is 0.493 e. The molecule has 0 fully saturated rings. The highest BCUT2D eigenvalue weighted by Gasteiger charge is 2.17. The number of benzene rings is 1. The third-order valence-corrected chi connectivity index (χ3v) is 4.45. The van der Waals surface area contributed by atoms with Gasteiger partial charge in [0, 0.05) is 23.2 Å². The van der Waals surface area contributed by atoms with Gasteiger partial charge in [0.15, 0.2) is 11.5 Å². The van der Waals surface area contributed by atoms with Crippen LogP contribution in [0.2, 0.25) is 0 Å². The van der Waals surface area contributed by atoms with Crippen LogP contribution in [0.3, 0.4) is 0 Å². The van der Waals surface area contributed by atoms with Crippen LogP contribution >= 0.6 is 11.8 Å². The third-order valence-electron chi connectivity index (χ3n) is 3.63. The molecule has 0 saturated carbocycles. The molecule has 0 aliphatic heterocycles. The Morgan fingerprint density at radius 2 is 1.77 bits per heavy atom. The van der Waals surface area contributed by atoms with E-state index >= 15 is 0 Å². The zero-order valence-corrected chi connectivity index (χ0v) is 15.6. The Kier molecular flexibility index (Phi) is 5.96. The number of hydrogen-bond acceptors (Lipinski definition) is 8. The van der Waals surface area contributed by atoms with E-state index in [1.165, 1.54) is 11.8 Å². The second-order valence-electron chi connectivity index (χ2n) is 5.21. The van der Waals surface area contributed by atoms with Gasteiger partial charge in [-0.05, 0) is 30.7 Å². The van der Waals surface area contributed by atoms with Gasteiger partial charge >= 0.3 is 0 Å². The van der Waals surface area contributed by atoms with Crippen LogP contribution in [0, 0.1) is 0 Å². The van der Waals surface area contributed by atoms with Gasteiger partial charge in [-0.1, -0.05) is 17.8 Å². The van der Waals surface area contributed by atoms with Crippen molar-refractivity contribution in [2.24, 2.45) is 0 Å². The number of pyridine rings is 1. The quantitative estimate of drug-likeness (QED) is 0.555. The molecule has 136 valence electrons. The monoisotopic (exact) mass is 373 g/mol. The van der Waals surface area contributed by atoms with Crippen molar-refractivity contribution in [1.29, 1.82) is 0 Å². The SMILES string of the molecule is COc1cc(-c2nnc(SCCc3ccccn3)o2)cc(OC)c1OC. The number of hydrogen-bond donors (Lipinski definition) is 0. The van der Waals surface area contributed by atoms with Crippen molar-refractivity contribution >= 4 is 11.8 Å². The van der Waals surface area contributed by atoms with E-state index in [0.29, 0.717) is 33.9 Å². The predicted octanol–water partition coefficient (Wildman–Crippen LogP) is 3.49. The van der Waals surface area contributed by atoms with Crippen LogP contribution in [-0.4, -0.2) is 42.3 Å². The van der Waals surface area contributed by atoms with E-state index in [9.17, 15) is 0 Å². The van der Waals surface area contributed by atoms with E-state index in [2.05, 4.69) is 15.2 Å². The van der Waals surface area contributed by atoms with Gasteiger partial charge in [-0.3, -0.25) is 4.98 Å². The molecule has 26 heavy (non-hydrogen) atoms. The fraction of sp³-hybridized carbons (Fsp3) is 0.278. The van der Waals surface area contributed by atoms with Gasteiger partial charge in [0.2, 0.25) is 11.6 Å². The van der Waals surface area contributed by atoms with E-state index in [0.717, 1.165) is 17.9 Å². The van der Waals surface area contributed by atoms with Crippen molar-refractivity contribution in [2.45, 2.75) is 11.6 Å². The summed E-state index contributed by atoms with van der Waals surface area (Å²) in [7, 11) is 4.69. The van der Waals surface area contributed by atoms with Gasteiger partial charge in [-0.25, -0.2) is 0 Å². The van der Waals surface area contributed by atoms with Crippen molar-refractivity contribution in [2.75, 3.05) is 27.1 Å². The first-order valence-corrected chi connectivity index (χ1v) is 8.90. The average Bonchev–Trinajstić information content (AvgIpc) is 3.16. The highest BCUT2D eigenvalue weighted by molar-refractivity contribution is 7.99. The third kappa shape index (κ3) is 4.08. The number of ether oxygens (including phenoxy) is 3. The molecule has 0 N–H and O–H groups in total. The lowest BCUT2D eigenvalue weighted by Gasteiger charge is -2.12. The zero-order chi connectivity index (χ0) is 18.4. The number of rotatable bonds is 8. The standard InChI is InChI=1S/C18H19N3O4S/c1-22-14-10-12(11-15(23-2)16(14)24-3)17-20-21-18(25-17)26-9-7-13-6-4-5-8-19-13/h4-6,8,10-11H,7,9H2,1-3H3. The second kappa shape index (κ2) is 8.57. The Morgan fingerprint density at radius 3 is 2.38 bits per heavy atom. The van der Waals surface area contributed by atoms with Crippen LogP contribution < -0.4 is 14.2 Å². The molecule has 3 rings (SSSR count). The topological polar surface area (TPSA) is 79.5 Å². The summed E-state index contributed by atoms with van der Waals surface area (Å²) >= 11 is 1.49. The lowest BCUT2D eigenvalue weighted by atomic mass is 10.2. The van der Waals surface area contributed by atoms with Gasteiger partial charge in [-0.15, -0.1) is 10.2 Å². The second-order valence-corrected chi connectivity index (χ2v) is 6.25. The van der Waals surface area contributed by atoms with Gasteiger partial charge in [-0.2, -0.15) is 0 Å². The lowest BCUT2D eigenvalue weighted by molar-refractivity contribution is 0.324. The Hall–Kier alpha value is -2.74. The summed E-state index contributed by atoms with van der Waals surface area (Å²) in [6.45, 7) is 0. The molecule has 0 saturated heterocycles. The van der Waals surface area contributed by atoms with Crippen LogP contribution in [0.5, 0.6) is 17.2 Å². The normalized spacial score (nSPS) is 10.6. The summed E-state index contributed by atoms with van der Waals surface area (Å²) in [4.78, 5) is 4.30. The lowest BCUT2D eigenvalue weighted by Crippen LogP contribution is -1.95. The fourth-order valence-corrected chi connectivity index (χ4v) is 3.10. The molecule has 0 amide bonds. The fourth-order valence-electron chi connectivity index (χ4n) is 2.38. The molecule has 2 aromatic heterocycles. The van der Waals surface area contributed by atoms with Crippen molar-refractivity contribution < 1.29 is 18.6 Å². The Morgan fingerprint density at radius 1 is 1.00 bits per heavy atom. The molecule has 0 radical (unpaired) electrons. The van der Waals surface area contributed by atoms with Crippen LogP contribution in [-0.2, 0) is 6.42 Å². The maximum atomic E-state index is 5.75. The van der Waals surface area contributed by atoms with Crippen LogP contribution in [0.25, 0.3) is 11.5 Å². The molecule has 0 aliphatic carbocycles. The molecule has 0 spiro atoms. The Bertz CT molecular complexity index is 830. The minimum absolute atomic E-state index is 0.393. The van der Waals surface area contributed by atoms with E-state index < -0.39 is 0 Å². The number of methoxy groups -OCH3 is 3. The summed E-state index contributed by atoms with van der Waals surface area (Å²) in [6.07, 6.45) is 2.61. The Labute approximate surface area is 155 Å². The highest BCUT2D eigenvalue weighted by Crippen LogP contribution is 2.41. The highest BCUT2D eigenvalue weighted by atomic mass is 32.2. The first-order chi connectivity index (χ1) is 12.7. The van der Waals surface area contributed by atoms with E-state index in [1.807, 2.05) is 18.2 Å². The molecule has 0 atom stereocenters. The first-order valence-electron chi connectivity index (χ1n) is 7.91. The summed E-state index contributed by atoms with van der Waals surface area (Å²) in [5.41, 5.74) is 1.73. The first kappa shape index (κ1) is 18.1. The molecule has 1 aromatic carbocycles. The predicted molar refractivity (Wildman–Crippen MR) is 98.1 cm³/mol. The van der Waals surface area contributed by atoms with E-state index in [-0.39, 0.29) is 0 Å². The molecular weight excluding hydrogens is 354 g/mol. The van der Waals surface area contributed by atoms with Crippen LogP contribution in [0.4, 0.5) is 0 Å². The van der Waals surface area contributed by atoms with E-state index in [4.69, 9.17) is 18.6 Å². The average molecular weight is 373 g/mol. The molecule has 0 bridgehead atoms. The molecule has 0 aliphatic rings. The van der Waals surface area contributed by atoms with Crippen molar-refractivity contribution in [1.82, 2.24) is 15.2 Å². The molecule has 8 heteroatoms. The minimum atomic E-state index is 0.393. The molecule has 3 aromatic rings. The van der Waals surface area contributed by atoms with Crippen molar-refractivity contribution in [3.63, 3.8) is 0 Å². The number of nitrogens with zero attached hydrogens (tertiary/aromatic N) is 3. The molecule has 0 unspecified atom stereocenters. The number of thioether (sulfide) groups is 1. The smallest absolute Gasteiger partial charge is 0.276 e. The zero-order valence-electron chi connectivity index (χ0n) is 14.8. The summed E-state index contributed by atoms with van der Waals surface area (Å²) in [5, 5.41) is 8.71. The van der Waals surface area contributed by atoms with Crippen molar-refractivity contribution in [3.8, 4) is 28.7 Å². The van der Waals surface area contributed by atoms with Gasteiger partial charge in [0.1, 0.15) is 0 Å². The van der Waals surface area contributed by atoms with Crippen LogP contribution in [0.1, 0.15) is 5.69 Å². The Balaban J connectivity index is 1.73. The summed E-state index contributed by atoms with van der Waals surface area (Å²) in [5.74, 6) is 2.77. The van der Waals surface area contributed by atoms with Gasteiger partial charge in [0.05, 0.1) is 21.3 Å². The maximum Gasteiger partial charge on any atom is 0.276 e. The molecule has 7 nitrogen and oxygen atoms in total. The van der Waals surface area contributed by atoms with E-state index in [1.54, 1.807) is 39.7 Å². The molecular formula is C18H19N3O4S. The maximum absolute atomic E-state index is 5.75. The molecule has 2 heterocycles. The number of aryl methyl sites for hydroxylation is 1. The van der Waals surface area contributed by atoms with Crippen LogP contribution in [0.15, 0.2) is 46.2 Å². The number of aromatic nitrogens is 3. The summed E-state index contributed by atoms with van der Waals surface area (Å²) in [6, 6.07) is 9.42. The summed E-state index contributed by atoms with van der Waals surface area (Å²) < 4.78 is 21.8. The minimum Gasteiger partial charge on any atom is -0.493 e. The van der Waals surface area contributed by atoms with Crippen molar-refractivity contribution in [3.05, 3.63) is 42.2 Å². The van der Waals surface area contributed by atoms with Gasteiger partial charge < -0.3 is 18.6 Å².